The van der Waals surface area contributed by atoms with Gasteiger partial charge in [0.25, 0.3) is 0 Å². The van der Waals surface area contributed by atoms with E-state index in [0.29, 0.717) is 12.8 Å². The second kappa shape index (κ2) is 10.4. The Balaban J connectivity index is 2.13. The molecular formula is C24H32N2O4. The van der Waals surface area contributed by atoms with E-state index in [1.54, 1.807) is 20.8 Å². The van der Waals surface area contributed by atoms with Crippen LogP contribution in [-0.4, -0.2) is 17.5 Å². The highest BCUT2D eigenvalue weighted by Crippen LogP contribution is 2.27. The van der Waals surface area contributed by atoms with Crippen LogP contribution in [-0.2, 0) is 25.6 Å². The fraction of sp³-hybridized carbons (Fsp3) is 0.417. The minimum atomic E-state index is -1.04. The van der Waals surface area contributed by atoms with Crippen LogP contribution in [0.2, 0.25) is 0 Å². The van der Waals surface area contributed by atoms with E-state index < -0.39 is 23.5 Å². The summed E-state index contributed by atoms with van der Waals surface area (Å²) in [5, 5.41) is 0. The van der Waals surface area contributed by atoms with Gasteiger partial charge in [-0.2, -0.15) is 5.90 Å². The van der Waals surface area contributed by atoms with Gasteiger partial charge in [0.1, 0.15) is 5.60 Å². The number of hydrogen-bond donors (Lipinski definition) is 2. The number of rotatable bonds is 8. The summed E-state index contributed by atoms with van der Waals surface area (Å²) in [4.78, 5) is 28.7. The zero-order valence-electron chi connectivity index (χ0n) is 18.2. The van der Waals surface area contributed by atoms with E-state index in [4.69, 9.17) is 16.4 Å². The van der Waals surface area contributed by atoms with Gasteiger partial charge in [0, 0.05) is 6.04 Å². The second-order valence-electron chi connectivity index (χ2n) is 8.48. The van der Waals surface area contributed by atoms with Crippen molar-refractivity contribution in [1.82, 2.24) is 0 Å². The first-order chi connectivity index (χ1) is 14.1. The van der Waals surface area contributed by atoms with Gasteiger partial charge in [0.2, 0.25) is 0 Å². The lowest BCUT2D eigenvalue weighted by atomic mass is 9.92. The fourth-order valence-electron chi connectivity index (χ4n) is 3.34. The van der Waals surface area contributed by atoms with E-state index in [-0.39, 0.29) is 12.5 Å². The van der Waals surface area contributed by atoms with Crippen molar-refractivity contribution in [2.75, 3.05) is 0 Å². The van der Waals surface area contributed by atoms with Gasteiger partial charge in [-0.25, -0.2) is 4.79 Å². The van der Waals surface area contributed by atoms with Gasteiger partial charge in [-0.1, -0.05) is 42.5 Å². The summed E-state index contributed by atoms with van der Waals surface area (Å²) in [6.07, 6.45) is 1.54. The van der Waals surface area contributed by atoms with Gasteiger partial charge in [-0.3, -0.25) is 4.79 Å². The topological polar surface area (TPSA) is 105 Å². The third-order valence-electron chi connectivity index (χ3n) is 4.77. The zero-order valence-corrected chi connectivity index (χ0v) is 18.2. The number of benzene rings is 2. The Kier molecular flexibility index (Phi) is 8.15. The van der Waals surface area contributed by atoms with E-state index in [2.05, 4.69) is 35.2 Å². The van der Waals surface area contributed by atoms with E-state index in [1.807, 2.05) is 25.1 Å². The lowest BCUT2D eigenvalue weighted by Crippen LogP contribution is -2.34. The number of aryl methyl sites for hydroxylation is 1. The summed E-state index contributed by atoms with van der Waals surface area (Å²) < 4.78 is 5.34. The molecule has 0 aromatic heterocycles. The van der Waals surface area contributed by atoms with Gasteiger partial charge < -0.3 is 15.3 Å². The normalized spacial score (nSPS) is 13.4. The van der Waals surface area contributed by atoms with Gasteiger partial charge in [-0.05, 0) is 75.3 Å². The first kappa shape index (κ1) is 23.6. The number of nitrogens with two attached hydrogens (primary N) is 2. The van der Waals surface area contributed by atoms with Gasteiger partial charge in [0.05, 0.1) is 0 Å². The molecule has 0 heterocycles. The first-order valence-corrected chi connectivity index (χ1v) is 10.2. The molecule has 0 saturated carbocycles. The zero-order chi connectivity index (χ0) is 22.3. The predicted molar refractivity (Wildman–Crippen MR) is 117 cm³/mol. The molecule has 0 fully saturated rings. The third kappa shape index (κ3) is 6.68. The van der Waals surface area contributed by atoms with E-state index >= 15 is 0 Å². The van der Waals surface area contributed by atoms with Crippen LogP contribution in [0.1, 0.15) is 57.7 Å². The Morgan fingerprint density at radius 1 is 1.00 bits per heavy atom. The molecular weight excluding hydrogens is 380 g/mol. The largest absolute Gasteiger partial charge is 0.459 e. The quantitative estimate of drug-likeness (QED) is 0.385. The van der Waals surface area contributed by atoms with Crippen molar-refractivity contribution in [3.05, 3.63) is 59.7 Å². The molecule has 0 spiro atoms. The molecule has 6 heteroatoms. The number of ether oxygens (including phenoxy) is 1. The standard InChI is InChI=1S/C24H32N2O4/c1-16(25)21-15-19(17-9-6-5-7-10-17)14-13-18(21)11-8-12-20(23(28)30-26)22(27)29-24(2,3)4/h5-7,9-10,13-16,20H,8,11-12,25-26H2,1-4H3/t16?,20-/m0/s1. The van der Waals surface area contributed by atoms with Crippen LogP contribution < -0.4 is 11.6 Å². The molecule has 2 rings (SSSR count). The highest BCUT2D eigenvalue weighted by Gasteiger charge is 2.32. The second-order valence-corrected chi connectivity index (χ2v) is 8.48. The summed E-state index contributed by atoms with van der Waals surface area (Å²) in [5.41, 5.74) is 9.89. The molecule has 0 aliphatic rings. The predicted octanol–water partition coefficient (Wildman–Crippen LogP) is 4.07. The molecule has 0 saturated heterocycles. The van der Waals surface area contributed by atoms with E-state index in [9.17, 15) is 9.59 Å². The highest BCUT2D eigenvalue weighted by atomic mass is 16.7. The van der Waals surface area contributed by atoms with E-state index in [1.165, 1.54) is 0 Å². The number of hydrogen-bond acceptors (Lipinski definition) is 6. The average molecular weight is 413 g/mol. The lowest BCUT2D eigenvalue weighted by molar-refractivity contribution is -0.169. The minimum Gasteiger partial charge on any atom is -0.459 e. The molecule has 2 aromatic carbocycles. The Labute approximate surface area is 178 Å². The molecule has 0 aliphatic carbocycles. The molecule has 2 aromatic rings. The Morgan fingerprint density at radius 2 is 1.67 bits per heavy atom. The van der Waals surface area contributed by atoms with Crippen LogP contribution in [0.15, 0.2) is 48.5 Å². The van der Waals surface area contributed by atoms with Crippen LogP contribution in [0.25, 0.3) is 11.1 Å². The molecule has 30 heavy (non-hydrogen) atoms. The van der Waals surface area contributed by atoms with Crippen molar-refractivity contribution in [1.29, 1.82) is 0 Å². The smallest absolute Gasteiger partial charge is 0.338 e. The van der Waals surface area contributed by atoms with Crippen molar-refractivity contribution in [3.63, 3.8) is 0 Å². The van der Waals surface area contributed by atoms with Crippen molar-refractivity contribution in [3.8, 4) is 11.1 Å². The van der Waals surface area contributed by atoms with E-state index in [0.717, 1.165) is 22.3 Å². The summed E-state index contributed by atoms with van der Waals surface area (Å²) in [5.74, 6) is 2.57. The van der Waals surface area contributed by atoms with Crippen LogP contribution in [0.4, 0.5) is 0 Å². The van der Waals surface area contributed by atoms with Crippen molar-refractivity contribution < 1.29 is 19.2 Å². The van der Waals surface area contributed by atoms with Crippen LogP contribution in [0.5, 0.6) is 0 Å². The SMILES string of the molecule is CC(N)c1cc(-c2ccccc2)ccc1CCC[C@H](C(=O)ON)C(=O)OC(C)(C)C. The highest BCUT2D eigenvalue weighted by molar-refractivity contribution is 5.94. The van der Waals surface area contributed by atoms with Crippen LogP contribution in [0, 0.1) is 5.92 Å². The molecule has 2 atom stereocenters. The first-order valence-electron chi connectivity index (χ1n) is 10.2. The third-order valence-corrected chi connectivity index (χ3v) is 4.77. The molecule has 1 unspecified atom stereocenters. The average Bonchev–Trinajstić information content (AvgIpc) is 2.69. The van der Waals surface area contributed by atoms with Gasteiger partial charge >= 0.3 is 11.9 Å². The molecule has 4 N–H and O–H groups in total. The van der Waals surface area contributed by atoms with Crippen LogP contribution >= 0.6 is 0 Å². The Bertz CT molecular complexity index is 857. The minimum absolute atomic E-state index is 0.140. The molecule has 162 valence electrons. The maximum absolute atomic E-state index is 12.4. The maximum Gasteiger partial charge on any atom is 0.338 e. The number of esters is 1. The lowest BCUT2D eigenvalue weighted by Gasteiger charge is -2.23. The fourth-order valence-corrected chi connectivity index (χ4v) is 3.34. The molecule has 6 nitrogen and oxygen atoms in total. The van der Waals surface area contributed by atoms with Crippen molar-refractivity contribution in [2.45, 2.75) is 58.6 Å². The molecule has 0 amide bonds. The summed E-state index contributed by atoms with van der Waals surface area (Å²) >= 11 is 0. The number of carbonyl (C=O) groups is 2. The van der Waals surface area contributed by atoms with Gasteiger partial charge in [0.15, 0.2) is 5.92 Å². The van der Waals surface area contributed by atoms with Crippen LogP contribution in [0.3, 0.4) is 0 Å². The molecule has 0 radical (unpaired) electrons. The molecule has 0 bridgehead atoms. The Hall–Kier alpha value is -2.70. The maximum atomic E-state index is 12.4. The monoisotopic (exact) mass is 412 g/mol. The Morgan fingerprint density at radius 3 is 2.23 bits per heavy atom. The summed E-state index contributed by atoms with van der Waals surface area (Å²) in [6.45, 7) is 7.19. The van der Waals surface area contributed by atoms with Gasteiger partial charge in [-0.15, -0.1) is 0 Å². The summed E-state index contributed by atoms with van der Waals surface area (Å²) in [7, 11) is 0. The van der Waals surface area contributed by atoms with Crippen molar-refractivity contribution in [2.24, 2.45) is 17.5 Å². The molecule has 0 aliphatic heterocycles. The number of carbonyl (C=O) groups excluding carboxylic acids is 2. The van der Waals surface area contributed by atoms with Crippen molar-refractivity contribution >= 4 is 11.9 Å². The summed E-state index contributed by atoms with van der Waals surface area (Å²) in [6, 6.07) is 16.2.